The maximum atomic E-state index is 12.5. The standard InChI is InChI=1S/C24H23N3O5S2/c1-31-21-14-8-17(16-22(21)32-2)9-15-23(28)26-24(33)25-18-10-12-20(13-11-18)34(29,30)27-19-6-4-3-5-7-19/h3-16,27H,1-2H3,(H2,25,26,28,33). The van der Waals surface area contributed by atoms with Crippen LogP contribution in [0, 0.1) is 0 Å². The number of methoxy groups -OCH3 is 2. The van der Waals surface area contributed by atoms with Crippen molar-refractivity contribution >= 4 is 50.7 Å². The Morgan fingerprint density at radius 3 is 2.21 bits per heavy atom. The second-order valence-electron chi connectivity index (χ2n) is 6.89. The van der Waals surface area contributed by atoms with Crippen LogP contribution >= 0.6 is 12.2 Å². The van der Waals surface area contributed by atoms with Crippen LogP contribution in [0.4, 0.5) is 11.4 Å². The van der Waals surface area contributed by atoms with Crippen molar-refractivity contribution in [2.45, 2.75) is 4.90 Å². The molecule has 1 amide bonds. The third-order valence-electron chi connectivity index (χ3n) is 4.52. The van der Waals surface area contributed by atoms with E-state index in [9.17, 15) is 13.2 Å². The Bertz CT molecular complexity index is 1290. The molecule has 0 spiro atoms. The van der Waals surface area contributed by atoms with E-state index in [-0.39, 0.29) is 10.0 Å². The van der Waals surface area contributed by atoms with Crippen molar-refractivity contribution in [1.82, 2.24) is 5.32 Å². The number of carbonyl (C=O) groups is 1. The van der Waals surface area contributed by atoms with Crippen molar-refractivity contribution in [3.8, 4) is 11.5 Å². The van der Waals surface area contributed by atoms with Crippen molar-refractivity contribution in [1.29, 1.82) is 0 Å². The lowest BCUT2D eigenvalue weighted by Gasteiger charge is -2.11. The van der Waals surface area contributed by atoms with Gasteiger partial charge >= 0.3 is 0 Å². The maximum absolute atomic E-state index is 12.5. The van der Waals surface area contributed by atoms with Crippen LogP contribution in [-0.4, -0.2) is 33.7 Å². The molecule has 3 rings (SSSR count). The van der Waals surface area contributed by atoms with Gasteiger partial charge in [-0.3, -0.25) is 14.8 Å². The molecule has 0 saturated carbocycles. The number of carbonyl (C=O) groups excluding carboxylic acids is 1. The summed E-state index contributed by atoms with van der Waals surface area (Å²) in [6, 6.07) is 19.8. The number of anilines is 2. The van der Waals surface area contributed by atoms with Gasteiger partial charge in [0.25, 0.3) is 10.0 Å². The van der Waals surface area contributed by atoms with E-state index in [1.165, 1.54) is 25.3 Å². The van der Waals surface area contributed by atoms with Crippen LogP contribution < -0.4 is 24.8 Å². The van der Waals surface area contributed by atoms with E-state index >= 15 is 0 Å². The minimum Gasteiger partial charge on any atom is -0.493 e. The van der Waals surface area contributed by atoms with Crippen LogP contribution in [0.2, 0.25) is 0 Å². The third kappa shape index (κ3) is 6.80. The smallest absolute Gasteiger partial charge is 0.261 e. The van der Waals surface area contributed by atoms with Crippen molar-refractivity contribution in [3.63, 3.8) is 0 Å². The topological polar surface area (TPSA) is 106 Å². The monoisotopic (exact) mass is 497 g/mol. The molecule has 0 atom stereocenters. The normalized spacial score (nSPS) is 11.0. The molecule has 0 aromatic heterocycles. The van der Waals surface area contributed by atoms with E-state index in [0.29, 0.717) is 22.9 Å². The van der Waals surface area contributed by atoms with Gasteiger partial charge in [-0.25, -0.2) is 8.42 Å². The number of hydrogen-bond acceptors (Lipinski definition) is 6. The third-order valence-corrected chi connectivity index (χ3v) is 6.12. The molecule has 8 nitrogen and oxygen atoms in total. The first-order valence-corrected chi connectivity index (χ1v) is 11.9. The van der Waals surface area contributed by atoms with Crippen LogP contribution in [-0.2, 0) is 14.8 Å². The van der Waals surface area contributed by atoms with Gasteiger partial charge in [-0.15, -0.1) is 0 Å². The Kier molecular flexibility index (Phi) is 8.23. The summed E-state index contributed by atoms with van der Waals surface area (Å²) in [6.07, 6.45) is 2.94. The van der Waals surface area contributed by atoms with Gasteiger partial charge in [-0.1, -0.05) is 24.3 Å². The number of ether oxygens (including phenoxy) is 2. The molecule has 0 unspecified atom stereocenters. The summed E-state index contributed by atoms with van der Waals surface area (Å²) in [6.45, 7) is 0. The van der Waals surface area contributed by atoms with Gasteiger partial charge in [0.1, 0.15) is 0 Å². The van der Waals surface area contributed by atoms with Gasteiger partial charge in [0.05, 0.1) is 19.1 Å². The average Bonchev–Trinajstić information content (AvgIpc) is 2.83. The summed E-state index contributed by atoms with van der Waals surface area (Å²) in [5.41, 5.74) is 1.73. The molecule has 3 aromatic carbocycles. The van der Waals surface area contributed by atoms with E-state index in [0.717, 1.165) is 5.56 Å². The molecule has 10 heteroatoms. The number of para-hydroxylation sites is 1. The first-order chi connectivity index (χ1) is 16.3. The largest absolute Gasteiger partial charge is 0.493 e. The lowest BCUT2D eigenvalue weighted by atomic mass is 10.2. The molecule has 34 heavy (non-hydrogen) atoms. The predicted molar refractivity (Wildman–Crippen MR) is 137 cm³/mol. The summed E-state index contributed by atoms with van der Waals surface area (Å²) in [7, 11) is -0.651. The number of benzene rings is 3. The molecule has 3 N–H and O–H groups in total. The van der Waals surface area contributed by atoms with E-state index in [1.54, 1.807) is 73.8 Å². The molecule has 3 aromatic rings. The van der Waals surface area contributed by atoms with Crippen LogP contribution in [0.3, 0.4) is 0 Å². The summed E-state index contributed by atoms with van der Waals surface area (Å²) in [5, 5.41) is 5.45. The molecule has 0 aliphatic rings. The number of sulfonamides is 1. The number of thiocarbonyl (C=S) groups is 1. The van der Waals surface area contributed by atoms with Gasteiger partial charge in [-0.2, -0.15) is 0 Å². The van der Waals surface area contributed by atoms with Crippen LogP contribution in [0.15, 0.2) is 83.8 Å². The highest BCUT2D eigenvalue weighted by Crippen LogP contribution is 2.28. The second kappa shape index (κ2) is 11.3. The molecule has 0 saturated heterocycles. The van der Waals surface area contributed by atoms with E-state index in [2.05, 4.69) is 15.4 Å². The summed E-state index contributed by atoms with van der Waals surface area (Å²) in [5.74, 6) is 0.703. The summed E-state index contributed by atoms with van der Waals surface area (Å²) >= 11 is 5.16. The molecule has 0 radical (unpaired) electrons. The van der Waals surface area contributed by atoms with Crippen molar-refractivity contribution in [2.24, 2.45) is 0 Å². The van der Waals surface area contributed by atoms with Crippen molar-refractivity contribution < 1.29 is 22.7 Å². The first kappa shape index (κ1) is 24.7. The SMILES string of the molecule is COc1ccc(C=CC(=O)NC(=S)Nc2ccc(S(=O)(=O)Nc3ccccc3)cc2)cc1OC. The van der Waals surface area contributed by atoms with E-state index in [4.69, 9.17) is 21.7 Å². The average molecular weight is 498 g/mol. The maximum Gasteiger partial charge on any atom is 0.261 e. The van der Waals surface area contributed by atoms with Crippen molar-refractivity contribution in [2.75, 3.05) is 24.3 Å². The van der Waals surface area contributed by atoms with Crippen LogP contribution in [0.1, 0.15) is 5.56 Å². The van der Waals surface area contributed by atoms with Gasteiger partial charge in [0, 0.05) is 17.5 Å². The Morgan fingerprint density at radius 2 is 1.56 bits per heavy atom. The Labute approximate surface area is 203 Å². The minimum atomic E-state index is -3.73. The highest BCUT2D eigenvalue weighted by Gasteiger charge is 2.14. The Morgan fingerprint density at radius 1 is 0.882 bits per heavy atom. The molecular formula is C24H23N3O5S2. The molecule has 176 valence electrons. The fraction of sp³-hybridized carbons (Fsp3) is 0.0833. The Hall–Kier alpha value is -3.89. The van der Waals surface area contributed by atoms with Gasteiger partial charge in [0.15, 0.2) is 16.6 Å². The lowest BCUT2D eigenvalue weighted by Crippen LogP contribution is -2.32. The molecule has 0 heterocycles. The minimum absolute atomic E-state index is 0.0694. The zero-order valence-corrected chi connectivity index (χ0v) is 20.1. The number of hydrogen-bond donors (Lipinski definition) is 3. The van der Waals surface area contributed by atoms with Gasteiger partial charge < -0.3 is 14.8 Å². The number of rotatable bonds is 8. The fourth-order valence-corrected chi connectivity index (χ4v) is 4.16. The lowest BCUT2D eigenvalue weighted by molar-refractivity contribution is -0.115. The summed E-state index contributed by atoms with van der Waals surface area (Å²) < 4.78 is 38.0. The zero-order valence-electron chi connectivity index (χ0n) is 18.4. The van der Waals surface area contributed by atoms with Gasteiger partial charge in [-0.05, 0) is 72.4 Å². The van der Waals surface area contributed by atoms with E-state index < -0.39 is 15.9 Å². The van der Waals surface area contributed by atoms with Gasteiger partial charge in [0.2, 0.25) is 5.91 Å². The quantitative estimate of drug-likeness (QED) is 0.319. The highest BCUT2D eigenvalue weighted by molar-refractivity contribution is 7.92. The molecule has 0 bridgehead atoms. The second-order valence-corrected chi connectivity index (χ2v) is 8.98. The van der Waals surface area contributed by atoms with E-state index in [1.807, 2.05) is 0 Å². The number of amides is 1. The molecule has 0 aliphatic heterocycles. The van der Waals surface area contributed by atoms with Crippen molar-refractivity contribution in [3.05, 3.63) is 84.4 Å². The molecular weight excluding hydrogens is 474 g/mol. The fourth-order valence-electron chi connectivity index (χ4n) is 2.88. The zero-order chi connectivity index (χ0) is 24.6. The number of nitrogens with one attached hydrogen (secondary N) is 3. The van der Waals surface area contributed by atoms with Crippen LogP contribution in [0.5, 0.6) is 11.5 Å². The Balaban J connectivity index is 1.56. The first-order valence-electron chi connectivity index (χ1n) is 10.0. The predicted octanol–water partition coefficient (Wildman–Crippen LogP) is 4.03. The molecule has 0 fully saturated rings. The van der Waals surface area contributed by atoms with Crippen LogP contribution in [0.25, 0.3) is 6.08 Å². The molecule has 0 aliphatic carbocycles. The highest BCUT2D eigenvalue weighted by atomic mass is 32.2. The summed E-state index contributed by atoms with van der Waals surface area (Å²) in [4.78, 5) is 12.3.